The van der Waals surface area contributed by atoms with Gasteiger partial charge in [0.25, 0.3) is 5.91 Å². The van der Waals surface area contributed by atoms with Crippen molar-refractivity contribution >= 4 is 34.2 Å². The second-order valence-electron chi connectivity index (χ2n) is 6.74. The Bertz CT molecular complexity index is 848. The van der Waals surface area contributed by atoms with E-state index in [1.807, 2.05) is 0 Å². The molecule has 2 N–H and O–H groups in total. The maximum Gasteiger partial charge on any atom is 0.254 e. The molecule has 2 aromatic heterocycles. The van der Waals surface area contributed by atoms with Crippen molar-refractivity contribution in [3.8, 4) is 0 Å². The lowest BCUT2D eigenvalue weighted by atomic mass is 10.1. The monoisotopic (exact) mass is 386 g/mol. The van der Waals surface area contributed by atoms with E-state index >= 15 is 0 Å². The fraction of sp³-hybridized carbons (Fsp3) is 0.400. The normalized spacial score (nSPS) is 18.7. The molecule has 27 heavy (non-hydrogen) atoms. The summed E-state index contributed by atoms with van der Waals surface area (Å²) in [4.78, 5) is 26.3. The first-order chi connectivity index (χ1) is 13.2. The molecule has 2 amide bonds. The molecule has 0 spiro atoms. The van der Waals surface area contributed by atoms with Crippen LogP contribution in [-0.2, 0) is 22.4 Å². The first-order valence-electron chi connectivity index (χ1n) is 9.27. The van der Waals surface area contributed by atoms with Gasteiger partial charge in [0.1, 0.15) is 10.8 Å². The lowest BCUT2D eigenvalue weighted by Crippen LogP contribution is -2.32. The number of ether oxygens (including phenoxy) is 1. The fourth-order valence-corrected chi connectivity index (χ4v) is 4.82. The average molecular weight is 386 g/mol. The molecule has 1 unspecified atom stereocenters. The number of thiophene rings is 1. The molecule has 1 aliphatic heterocycles. The van der Waals surface area contributed by atoms with Gasteiger partial charge in [0.2, 0.25) is 5.91 Å². The molecule has 0 aromatic carbocycles. The second kappa shape index (κ2) is 8.10. The third kappa shape index (κ3) is 4.14. The quantitative estimate of drug-likeness (QED) is 0.746. The molecule has 3 heterocycles. The van der Waals surface area contributed by atoms with Gasteiger partial charge in [-0.1, -0.05) is 0 Å². The average Bonchev–Trinajstić information content (AvgIpc) is 3.43. The highest BCUT2D eigenvalue weighted by molar-refractivity contribution is 7.17. The maximum atomic E-state index is 12.8. The summed E-state index contributed by atoms with van der Waals surface area (Å²) in [5.74, 6) is 0.197. The second-order valence-corrected chi connectivity index (χ2v) is 7.85. The maximum absolute atomic E-state index is 12.8. The van der Waals surface area contributed by atoms with E-state index < -0.39 is 0 Å². The van der Waals surface area contributed by atoms with Crippen LogP contribution in [0.15, 0.2) is 28.9 Å². The summed E-state index contributed by atoms with van der Waals surface area (Å²) in [5.41, 5.74) is 1.69. The number of amides is 2. The zero-order chi connectivity index (χ0) is 18.6. The van der Waals surface area contributed by atoms with Gasteiger partial charge in [-0.3, -0.25) is 9.59 Å². The number of fused-ring (bicyclic) bond motifs is 1. The lowest BCUT2D eigenvalue weighted by Gasteiger charge is -2.12. The van der Waals surface area contributed by atoms with Crippen LogP contribution in [0, 0.1) is 0 Å². The van der Waals surface area contributed by atoms with Crippen LogP contribution in [0.2, 0.25) is 0 Å². The van der Waals surface area contributed by atoms with Crippen LogP contribution in [0.5, 0.6) is 0 Å². The number of aryl methyl sites for hydroxylation is 1. The third-order valence-corrected chi connectivity index (χ3v) is 6.05. The molecule has 2 aromatic rings. The summed E-state index contributed by atoms with van der Waals surface area (Å²) >= 11 is 1.51. The molecule has 0 bridgehead atoms. The van der Waals surface area contributed by atoms with Gasteiger partial charge >= 0.3 is 0 Å². The molecule has 1 aliphatic carbocycles. The molecule has 0 saturated carbocycles. The predicted molar refractivity (Wildman–Crippen MR) is 104 cm³/mol. The first-order valence-corrected chi connectivity index (χ1v) is 10.1. The SMILES string of the molecule is O=C(C=Cc1ccco1)Nc1sc2c(c1C(=O)NCC1CCCO1)CCC2. The van der Waals surface area contributed by atoms with Gasteiger partial charge in [-0.2, -0.15) is 0 Å². The molecule has 1 saturated heterocycles. The first kappa shape index (κ1) is 18.0. The van der Waals surface area contributed by atoms with Gasteiger partial charge in [-0.05, 0) is 55.9 Å². The smallest absolute Gasteiger partial charge is 0.254 e. The minimum Gasteiger partial charge on any atom is -0.465 e. The van der Waals surface area contributed by atoms with Crippen molar-refractivity contribution in [2.75, 3.05) is 18.5 Å². The number of furan rings is 1. The van der Waals surface area contributed by atoms with Crippen molar-refractivity contribution in [3.05, 3.63) is 46.2 Å². The Labute approximate surface area is 161 Å². The van der Waals surface area contributed by atoms with Crippen LogP contribution in [-0.4, -0.2) is 31.1 Å². The number of anilines is 1. The van der Waals surface area contributed by atoms with Crippen LogP contribution in [0.25, 0.3) is 6.08 Å². The number of hydrogen-bond donors (Lipinski definition) is 2. The molecule has 142 valence electrons. The van der Waals surface area contributed by atoms with E-state index in [-0.39, 0.29) is 17.9 Å². The van der Waals surface area contributed by atoms with Crippen molar-refractivity contribution < 1.29 is 18.7 Å². The number of carbonyl (C=O) groups excluding carboxylic acids is 2. The molecule has 1 fully saturated rings. The van der Waals surface area contributed by atoms with Crippen LogP contribution >= 0.6 is 11.3 Å². The number of hydrogen-bond acceptors (Lipinski definition) is 5. The van der Waals surface area contributed by atoms with Crippen LogP contribution in [0.4, 0.5) is 5.00 Å². The van der Waals surface area contributed by atoms with Crippen molar-refractivity contribution in [2.24, 2.45) is 0 Å². The van der Waals surface area contributed by atoms with Gasteiger partial charge < -0.3 is 19.8 Å². The van der Waals surface area contributed by atoms with E-state index in [1.54, 1.807) is 24.5 Å². The topological polar surface area (TPSA) is 80.6 Å². The summed E-state index contributed by atoms with van der Waals surface area (Å²) in [6.07, 6.45) is 9.58. The van der Waals surface area contributed by atoms with Gasteiger partial charge in [0, 0.05) is 24.1 Å². The van der Waals surface area contributed by atoms with Gasteiger partial charge in [0.15, 0.2) is 0 Å². The summed E-state index contributed by atoms with van der Waals surface area (Å²) in [7, 11) is 0. The minimum atomic E-state index is -0.278. The zero-order valence-electron chi connectivity index (χ0n) is 15.0. The Morgan fingerprint density at radius 1 is 1.30 bits per heavy atom. The standard InChI is InChI=1S/C20H22N2O4S/c23-17(9-8-13-4-2-10-25-13)22-20-18(15-6-1-7-16(15)27-20)19(24)21-12-14-5-3-11-26-14/h2,4,8-10,14H,1,3,5-7,11-12H2,(H,21,24)(H,22,23). The fourth-order valence-electron chi connectivity index (χ4n) is 3.53. The van der Waals surface area contributed by atoms with E-state index in [0.29, 0.717) is 22.9 Å². The molecular weight excluding hydrogens is 364 g/mol. The highest BCUT2D eigenvalue weighted by Crippen LogP contribution is 2.39. The highest BCUT2D eigenvalue weighted by atomic mass is 32.1. The van der Waals surface area contributed by atoms with Crippen LogP contribution in [0.1, 0.15) is 45.8 Å². The van der Waals surface area contributed by atoms with Crippen molar-refractivity contribution in [1.29, 1.82) is 0 Å². The summed E-state index contributed by atoms with van der Waals surface area (Å²) in [6, 6.07) is 3.53. The summed E-state index contributed by atoms with van der Waals surface area (Å²) in [5, 5.41) is 6.48. The van der Waals surface area contributed by atoms with Gasteiger partial charge in [-0.15, -0.1) is 11.3 Å². The van der Waals surface area contributed by atoms with Gasteiger partial charge in [-0.25, -0.2) is 0 Å². The van der Waals surface area contributed by atoms with Crippen LogP contribution in [0.3, 0.4) is 0 Å². The molecule has 1 atom stereocenters. The highest BCUT2D eigenvalue weighted by Gasteiger charge is 2.28. The van der Waals surface area contributed by atoms with Crippen molar-refractivity contribution in [1.82, 2.24) is 5.32 Å². The number of carbonyl (C=O) groups is 2. The number of rotatable bonds is 6. The molecule has 2 aliphatic rings. The Hall–Kier alpha value is -2.38. The minimum absolute atomic E-state index is 0.0925. The Morgan fingerprint density at radius 3 is 3.00 bits per heavy atom. The van der Waals surface area contributed by atoms with E-state index in [4.69, 9.17) is 9.15 Å². The summed E-state index contributed by atoms with van der Waals surface area (Å²) < 4.78 is 10.8. The van der Waals surface area contributed by atoms with E-state index in [1.165, 1.54) is 22.3 Å². The Morgan fingerprint density at radius 2 is 2.22 bits per heavy atom. The summed E-state index contributed by atoms with van der Waals surface area (Å²) in [6.45, 7) is 1.27. The zero-order valence-corrected chi connectivity index (χ0v) is 15.8. The molecule has 6 nitrogen and oxygen atoms in total. The lowest BCUT2D eigenvalue weighted by molar-refractivity contribution is -0.111. The van der Waals surface area contributed by atoms with E-state index in [2.05, 4.69) is 10.6 Å². The van der Waals surface area contributed by atoms with Crippen LogP contribution < -0.4 is 10.6 Å². The van der Waals surface area contributed by atoms with Gasteiger partial charge in [0.05, 0.1) is 17.9 Å². The molecule has 4 rings (SSSR count). The van der Waals surface area contributed by atoms with E-state index in [0.717, 1.165) is 44.3 Å². The Balaban J connectivity index is 1.47. The molecular formula is C20H22N2O4S. The molecule has 0 radical (unpaired) electrons. The predicted octanol–water partition coefficient (Wildman–Crippen LogP) is 3.39. The third-order valence-electron chi connectivity index (χ3n) is 4.84. The largest absolute Gasteiger partial charge is 0.465 e. The Kier molecular flexibility index (Phi) is 5.40. The van der Waals surface area contributed by atoms with Crippen molar-refractivity contribution in [3.63, 3.8) is 0 Å². The van der Waals surface area contributed by atoms with Crippen molar-refractivity contribution in [2.45, 2.75) is 38.2 Å². The number of nitrogens with one attached hydrogen (secondary N) is 2. The molecule has 7 heteroatoms. The van der Waals surface area contributed by atoms with E-state index in [9.17, 15) is 9.59 Å².